The van der Waals surface area contributed by atoms with Gasteiger partial charge in [0.05, 0.1) is 0 Å². The lowest BCUT2D eigenvalue weighted by Crippen LogP contribution is -2.33. The summed E-state index contributed by atoms with van der Waals surface area (Å²) in [4.78, 5) is 0. The summed E-state index contributed by atoms with van der Waals surface area (Å²) in [6, 6.07) is 0.706. The van der Waals surface area contributed by atoms with Crippen LogP contribution in [0.2, 0.25) is 0 Å². The highest BCUT2D eigenvalue weighted by Crippen LogP contribution is 2.23. The van der Waals surface area contributed by atoms with Crippen molar-refractivity contribution in [2.45, 2.75) is 66.8 Å². The Hall–Kier alpha value is 0.310. The molecule has 0 saturated heterocycles. The molecule has 0 aliphatic heterocycles. The van der Waals surface area contributed by atoms with Gasteiger partial charge in [-0.1, -0.05) is 41.5 Å². The molecule has 1 N–H and O–H groups in total. The number of thioether (sulfide) groups is 1. The second-order valence-electron chi connectivity index (χ2n) is 6.68. The molecule has 2 heteroatoms. The van der Waals surface area contributed by atoms with Crippen molar-refractivity contribution in [1.29, 1.82) is 0 Å². The molecule has 0 fully saturated rings. The second-order valence-corrected chi connectivity index (χ2v) is 7.76. The van der Waals surface area contributed by atoms with Gasteiger partial charge in [-0.2, -0.15) is 11.8 Å². The molecule has 0 saturated carbocycles. The van der Waals surface area contributed by atoms with E-state index in [-0.39, 0.29) is 0 Å². The molecule has 17 heavy (non-hydrogen) atoms. The molecule has 1 atom stereocenters. The van der Waals surface area contributed by atoms with Crippen LogP contribution < -0.4 is 5.32 Å². The van der Waals surface area contributed by atoms with Crippen molar-refractivity contribution in [3.05, 3.63) is 0 Å². The Bertz CT molecular complexity index is 172. The molecular weight excluding hydrogens is 226 g/mol. The summed E-state index contributed by atoms with van der Waals surface area (Å²) >= 11 is 2.11. The van der Waals surface area contributed by atoms with Crippen molar-refractivity contribution in [3.63, 3.8) is 0 Å². The fraction of sp³-hybridized carbons (Fsp3) is 1.00. The van der Waals surface area contributed by atoms with Crippen molar-refractivity contribution < 1.29 is 0 Å². The molecule has 0 aliphatic rings. The van der Waals surface area contributed by atoms with Crippen molar-refractivity contribution in [2.75, 3.05) is 18.1 Å². The predicted molar refractivity (Wildman–Crippen MR) is 82.9 cm³/mol. The molecule has 0 aromatic heterocycles. The SMILES string of the molecule is CCCNC(CCC(C)(C)C)CSCC(C)C. The first-order chi connectivity index (χ1) is 7.85. The molecule has 1 nitrogen and oxygen atoms in total. The molecular formula is C15H33NS. The highest BCUT2D eigenvalue weighted by atomic mass is 32.2. The van der Waals surface area contributed by atoms with E-state index in [4.69, 9.17) is 0 Å². The van der Waals surface area contributed by atoms with Gasteiger partial charge < -0.3 is 5.32 Å². The maximum atomic E-state index is 3.69. The fourth-order valence-electron chi connectivity index (χ4n) is 1.65. The standard InChI is InChI=1S/C15H33NS/c1-7-10-16-14(8-9-15(4,5)6)12-17-11-13(2)3/h13-14,16H,7-12H2,1-6H3. The molecule has 104 valence electrons. The average molecular weight is 260 g/mol. The van der Waals surface area contributed by atoms with E-state index in [0.29, 0.717) is 11.5 Å². The third kappa shape index (κ3) is 12.6. The molecule has 0 amide bonds. The van der Waals surface area contributed by atoms with Crippen LogP contribution in [0.1, 0.15) is 60.8 Å². The predicted octanol–water partition coefficient (Wildman–Crippen LogP) is 4.57. The van der Waals surface area contributed by atoms with Crippen LogP contribution in [-0.4, -0.2) is 24.1 Å². The molecule has 0 aliphatic carbocycles. The van der Waals surface area contributed by atoms with Gasteiger partial charge in [-0.25, -0.2) is 0 Å². The van der Waals surface area contributed by atoms with Gasteiger partial charge in [0.2, 0.25) is 0 Å². The number of hydrogen-bond acceptors (Lipinski definition) is 2. The fourth-order valence-corrected chi connectivity index (χ4v) is 2.82. The molecule has 0 heterocycles. The summed E-state index contributed by atoms with van der Waals surface area (Å²) in [7, 11) is 0. The van der Waals surface area contributed by atoms with Crippen LogP contribution in [0.4, 0.5) is 0 Å². The zero-order valence-electron chi connectivity index (χ0n) is 12.8. The highest BCUT2D eigenvalue weighted by molar-refractivity contribution is 7.99. The smallest absolute Gasteiger partial charge is 0.0158 e. The minimum Gasteiger partial charge on any atom is -0.313 e. The van der Waals surface area contributed by atoms with E-state index in [1.807, 2.05) is 0 Å². The second kappa shape index (κ2) is 9.27. The van der Waals surface area contributed by atoms with Gasteiger partial charge in [0.25, 0.3) is 0 Å². The van der Waals surface area contributed by atoms with Crippen molar-refractivity contribution in [1.82, 2.24) is 5.32 Å². The van der Waals surface area contributed by atoms with E-state index < -0.39 is 0 Å². The molecule has 0 spiro atoms. The zero-order chi connectivity index (χ0) is 13.3. The first kappa shape index (κ1) is 17.3. The lowest BCUT2D eigenvalue weighted by atomic mass is 9.89. The highest BCUT2D eigenvalue weighted by Gasteiger charge is 2.15. The van der Waals surface area contributed by atoms with Crippen LogP contribution in [-0.2, 0) is 0 Å². The first-order valence-corrected chi connectivity index (χ1v) is 8.31. The minimum absolute atomic E-state index is 0.467. The van der Waals surface area contributed by atoms with Gasteiger partial charge in [-0.05, 0) is 42.9 Å². The Morgan fingerprint density at radius 3 is 2.24 bits per heavy atom. The van der Waals surface area contributed by atoms with Gasteiger partial charge in [-0.3, -0.25) is 0 Å². The summed E-state index contributed by atoms with van der Waals surface area (Å²) in [6.07, 6.45) is 3.87. The molecule has 0 aromatic rings. The third-order valence-electron chi connectivity index (χ3n) is 2.70. The lowest BCUT2D eigenvalue weighted by Gasteiger charge is -2.24. The molecule has 1 unspecified atom stereocenters. The molecule has 0 bridgehead atoms. The number of rotatable bonds is 9. The molecule has 0 aromatic carbocycles. The summed E-state index contributed by atoms with van der Waals surface area (Å²) < 4.78 is 0. The van der Waals surface area contributed by atoms with E-state index in [2.05, 4.69) is 58.6 Å². The van der Waals surface area contributed by atoms with E-state index in [1.54, 1.807) is 0 Å². The monoisotopic (exact) mass is 259 g/mol. The quantitative estimate of drug-likeness (QED) is 0.651. The maximum Gasteiger partial charge on any atom is 0.0158 e. The largest absolute Gasteiger partial charge is 0.313 e. The zero-order valence-corrected chi connectivity index (χ0v) is 13.6. The Labute approximate surface area is 114 Å². The van der Waals surface area contributed by atoms with Gasteiger partial charge in [0, 0.05) is 11.8 Å². The summed E-state index contributed by atoms with van der Waals surface area (Å²) in [5.41, 5.74) is 0.467. The minimum atomic E-state index is 0.467. The van der Waals surface area contributed by atoms with Crippen LogP contribution in [0.25, 0.3) is 0 Å². The molecule has 0 radical (unpaired) electrons. The van der Waals surface area contributed by atoms with E-state index in [1.165, 1.54) is 30.8 Å². The van der Waals surface area contributed by atoms with Crippen molar-refractivity contribution >= 4 is 11.8 Å². The first-order valence-electron chi connectivity index (χ1n) is 7.16. The number of nitrogens with one attached hydrogen (secondary N) is 1. The normalized spacial score (nSPS) is 14.3. The Balaban J connectivity index is 3.87. The van der Waals surface area contributed by atoms with Gasteiger partial charge in [-0.15, -0.1) is 0 Å². The van der Waals surface area contributed by atoms with Gasteiger partial charge >= 0.3 is 0 Å². The van der Waals surface area contributed by atoms with E-state index in [0.717, 1.165) is 12.5 Å². The van der Waals surface area contributed by atoms with Crippen molar-refractivity contribution in [2.24, 2.45) is 11.3 Å². The number of hydrogen-bond donors (Lipinski definition) is 1. The van der Waals surface area contributed by atoms with Crippen LogP contribution in [0.5, 0.6) is 0 Å². The average Bonchev–Trinajstić information content (AvgIpc) is 2.19. The van der Waals surface area contributed by atoms with Crippen molar-refractivity contribution in [3.8, 4) is 0 Å². The van der Waals surface area contributed by atoms with Crippen LogP contribution in [0.15, 0.2) is 0 Å². The lowest BCUT2D eigenvalue weighted by molar-refractivity contribution is 0.338. The molecule has 0 rings (SSSR count). The Morgan fingerprint density at radius 1 is 1.12 bits per heavy atom. The van der Waals surface area contributed by atoms with E-state index in [9.17, 15) is 0 Å². The summed E-state index contributed by atoms with van der Waals surface area (Å²) in [5.74, 6) is 3.38. The summed E-state index contributed by atoms with van der Waals surface area (Å²) in [5, 5.41) is 3.69. The van der Waals surface area contributed by atoms with Crippen LogP contribution in [0, 0.1) is 11.3 Å². The van der Waals surface area contributed by atoms with E-state index >= 15 is 0 Å². The Morgan fingerprint density at radius 2 is 1.76 bits per heavy atom. The third-order valence-corrected chi connectivity index (χ3v) is 4.24. The van der Waals surface area contributed by atoms with Crippen LogP contribution >= 0.6 is 11.8 Å². The Kier molecular flexibility index (Phi) is 9.44. The topological polar surface area (TPSA) is 12.0 Å². The summed E-state index contributed by atoms with van der Waals surface area (Å²) in [6.45, 7) is 15.0. The van der Waals surface area contributed by atoms with Gasteiger partial charge in [0.15, 0.2) is 0 Å². The maximum absolute atomic E-state index is 3.69. The van der Waals surface area contributed by atoms with Gasteiger partial charge in [0.1, 0.15) is 0 Å². The van der Waals surface area contributed by atoms with Crippen LogP contribution in [0.3, 0.4) is 0 Å².